The number of carbonyl (C=O) groups excluding carboxylic acids is 1. The summed E-state index contributed by atoms with van der Waals surface area (Å²) in [6.07, 6.45) is 4.92. The summed E-state index contributed by atoms with van der Waals surface area (Å²) in [5.41, 5.74) is 1.47. The first kappa shape index (κ1) is 13.1. The van der Waals surface area contributed by atoms with Gasteiger partial charge < -0.3 is 10.6 Å². The maximum Gasteiger partial charge on any atom is 0.323 e. The highest BCUT2D eigenvalue weighted by Crippen LogP contribution is 2.16. The number of rotatable bonds is 3. The zero-order valence-corrected chi connectivity index (χ0v) is 10.8. The number of urea groups is 1. The highest BCUT2D eigenvalue weighted by Gasteiger charge is 2.03. The van der Waals surface area contributed by atoms with Crippen molar-refractivity contribution in [2.75, 3.05) is 5.32 Å². The summed E-state index contributed by atoms with van der Waals surface area (Å²) in [6, 6.07) is 12.7. The van der Waals surface area contributed by atoms with E-state index >= 15 is 0 Å². The second kappa shape index (κ2) is 6.56. The van der Waals surface area contributed by atoms with Crippen molar-refractivity contribution in [3.63, 3.8) is 0 Å². The Labute approximate surface area is 116 Å². The van der Waals surface area contributed by atoms with Gasteiger partial charge in [-0.05, 0) is 23.8 Å². The first-order valence-corrected chi connectivity index (χ1v) is 6.03. The lowest BCUT2D eigenvalue weighted by Crippen LogP contribution is -2.23. The topological polar surface area (TPSA) is 54.0 Å². The third kappa shape index (κ3) is 4.12. The van der Waals surface area contributed by atoms with Gasteiger partial charge in [-0.2, -0.15) is 0 Å². The first-order chi connectivity index (χ1) is 9.25. The van der Waals surface area contributed by atoms with E-state index in [-0.39, 0.29) is 11.2 Å². The molecule has 1 heterocycles. The SMILES string of the molecule is O=C(N/C=C/c1ccccc1)Nc1cccnc1Cl. The summed E-state index contributed by atoms with van der Waals surface area (Å²) in [6.45, 7) is 0. The summed E-state index contributed by atoms with van der Waals surface area (Å²) in [5, 5.41) is 5.44. The number of anilines is 1. The van der Waals surface area contributed by atoms with Crippen molar-refractivity contribution in [1.29, 1.82) is 0 Å². The molecule has 5 heteroatoms. The van der Waals surface area contributed by atoms with Gasteiger partial charge in [0, 0.05) is 12.4 Å². The third-order valence-corrected chi connectivity index (χ3v) is 2.60. The fraction of sp³-hybridized carbons (Fsp3) is 0. The zero-order valence-electron chi connectivity index (χ0n) is 10.0. The number of hydrogen-bond acceptors (Lipinski definition) is 2. The van der Waals surface area contributed by atoms with E-state index < -0.39 is 0 Å². The van der Waals surface area contributed by atoms with Gasteiger partial charge in [-0.15, -0.1) is 0 Å². The molecule has 0 saturated carbocycles. The van der Waals surface area contributed by atoms with Gasteiger partial charge in [0.1, 0.15) is 0 Å². The van der Waals surface area contributed by atoms with Gasteiger partial charge in [-0.3, -0.25) is 0 Å². The van der Waals surface area contributed by atoms with Crippen molar-refractivity contribution in [3.8, 4) is 0 Å². The predicted octanol–water partition coefficient (Wildman–Crippen LogP) is 3.53. The van der Waals surface area contributed by atoms with Crippen LogP contribution in [0.3, 0.4) is 0 Å². The van der Waals surface area contributed by atoms with Gasteiger partial charge in [0.25, 0.3) is 0 Å². The Balaban J connectivity index is 1.89. The lowest BCUT2D eigenvalue weighted by atomic mass is 10.2. The molecule has 0 aliphatic carbocycles. The number of nitrogens with one attached hydrogen (secondary N) is 2. The van der Waals surface area contributed by atoms with E-state index in [1.54, 1.807) is 30.6 Å². The lowest BCUT2D eigenvalue weighted by Gasteiger charge is -2.05. The minimum absolute atomic E-state index is 0.254. The maximum absolute atomic E-state index is 11.6. The van der Waals surface area contributed by atoms with E-state index in [0.717, 1.165) is 5.56 Å². The van der Waals surface area contributed by atoms with E-state index in [9.17, 15) is 4.79 Å². The van der Waals surface area contributed by atoms with Gasteiger partial charge in [-0.1, -0.05) is 41.9 Å². The zero-order chi connectivity index (χ0) is 13.5. The molecule has 0 spiro atoms. The van der Waals surface area contributed by atoms with Crippen LogP contribution < -0.4 is 10.6 Å². The summed E-state index contributed by atoms with van der Waals surface area (Å²) in [5.74, 6) is 0. The molecule has 0 radical (unpaired) electrons. The summed E-state index contributed by atoms with van der Waals surface area (Å²) < 4.78 is 0. The van der Waals surface area contributed by atoms with Crippen molar-refractivity contribution in [2.24, 2.45) is 0 Å². The molecule has 0 bridgehead atoms. The van der Waals surface area contributed by atoms with Gasteiger partial charge in [0.05, 0.1) is 5.69 Å². The molecule has 19 heavy (non-hydrogen) atoms. The minimum Gasteiger partial charge on any atom is -0.314 e. The standard InChI is InChI=1S/C14H12ClN3O/c15-13-12(7-4-9-16-13)18-14(19)17-10-8-11-5-2-1-3-6-11/h1-10H,(H2,17,18,19)/b10-8+. The van der Waals surface area contributed by atoms with Gasteiger partial charge in [0.2, 0.25) is 0 Å². The number of pyridine rings is 1. The average Bonchev–Trinajstić information content (AvgIpc) is 2.43. The van der Waals surface area contributed by atoms with Crippen LogP contribution in [0.2, 0.25) is 5.15 Å². The highest BCUT2D eigenvalue weighted by molar-refractivity contribution is 6.32. The van der Waals surface area contributed by atoms with Crippen LogP contribution in [0, 0.1) is 0 Å². The molecule has 2 aromatic rings. The van der Waals surface area contributed by atoms with E-state index in [1.807, 2.05) is 30.3 Å². The van der Waals surface area contributed by atoms with Crippen molar-refractivity contribution < 1.29 is 4.79 Å². The average molecular weight is 274 g/mol. The molecule has 0 fully saturated rings. The minimum atomic E-state index is -0.373. The number of amides is 2. The number of aromatic nitrogens is 1. The van der Waals surface area contributed by atoms with Crippen molar-refractivity contribution in [3.05, 3.63) is 65.6 Å². The largest absolute Gasteiger partial charge is 0.323 e. The van der Waals surface area contributed by atoms with Gasteiger partial charge in [-0.25, -0.2) is 9.78 Å². The van der Waals surface area contributed by atoms with Gasteiger partial charge >= 0.3 is 6.03 Å². The fourth-order valence-corrected chi connectivity index (χ4v) is 1.58. The summed E-state index contributed by atoms with van der Waals surface area (Å²) >= 11 is 5.83. The second-order valence-corrected chi connectivity index (χ2v) is 4.04. The van der Waals surface area contributed by atoms with Crippen molar-refractivity contribution in [1.82, 2.24) is 10.3 Å². The highest BCUT2D eigenvalue weighted by atomic mass is 35.5. The van der Waals surface area contributed by atoms with Crippen LogP contribution in [0.1, 0.15) is 5.56 Å². The first-order valence-electron chi connectivity index (χ1n) is 5.65. The number of benzene rings is 1. The van der Waals surface area contributed by atoms with Crippen molar-refractivity contribution >= 4 is 29.4 Å². The number of hydrogen-bond donors (Lipinski definition) is 2. The van der Waals surface area contributed by atoms with E-state index in [0.29, 0.717) is 5.69 Å². The number of halogens is 1. The van der Waals surface area contributed by atoms with E-state index in [2.05, 4.69) is 15.6 Å². The molecule has 96 valence electrons. The maximum atomic E-state index is 11.6. The number of carbonyl (C=O) groups is 1. The Morgan fingerprint density at radius 1 is 1.16 bits per heavy atom. The van der Waals surface area contributed by atoms with Crippen LogP contribution in [0.25, 0.3) is 6.08 Å². The summed E-state index contributed by atoms with van der Waals surface area (Å²) in [7, 11) is 0. The Morgan fingerprint density at radius 2 is 1.95 bits per heavy atom. The van der Waals surface area contributed by atoms with Crippen LogP contribution >= 0.6 is 11.6 Å². The molecule has 4 nitrogen and oxygen atoms in total. The smallest absolute Gasteiger partial charge is 0.314 e. The van der Waals surface area contributed by atoms with Crippen molar-refractivity contribution in [2.45, 2.75) is 0 Å². The fourth-order valence-electron chi connectivity index (χ4n) is 1.42. The molecule has 1 aromatic heterocycles. The molecule has 0 atom stereocenters. The third-order valence-electron chi connectivity index (χ3n) is 2.30. The molecule has 2 amide bonds. The number of nitrogens with zero attached hydrogens (tertiary/aromatic N) is 1. The molecule has 0 aliphatic rings. The molecule has 2 rings (SSSR count). The lowest BCUT2D eigenvalue weighted by molar-refractivity contribution is 0.255. The summed E-state index contributed by atoms with van der Waals surface area (Å²) in [4.78, 5) is 15.5. The van der Waals surface area contributed by atoms with Crippen LogP contribution in [-0.2, 0) is 0 Å². The monoisotopic (exact) mass is 273 g/mol. The van der Waals surface area contributed by atoms with Crippen LogP contribution in [0.5, 0.6) is 0 Å². The molecule has 2 N–H and O–H groups in total. The molecular weight excluding hydrogens is 262 g/mol. The quantitative estimate of drug-likeness (QED) is 0.841. The van der Waals surface area contributed by atoms with E-state index in [1.165, 1.54) is 0 Å². The van der Waals surface area contributed by atoms with Crippen LogP contribution in [-0.4, -0.2) is 11.0 Å². The molecule has 1 aromatic carbocycles. The van der Waals surface area contributed by atoms with Crippen LogP contribution in [0.4, 0.5) is 10.5 Å². The normalized spacial score (nSPS) is 10.4. The molecular formula is C14H12ClN3O. The molecule has 0 unspecified atom stereocenters. The van der Waals surface area contributed by atoms with Gasteiger partial charge in [0.15, 0.2) is 5.15 Å². The molecule has 0 saturated heterocycles. The predicted molar refractivity (Wildman–Crippen MR) is 76.9 cm³/mol. The Morgan fingerprint density at radius 3 is 2.68 bits per heavy atom. The second-order valence-electron chi connectivity index (χ2n) is 3.68. The Kier molecular flexibility index (Phi) is 4.53. The van der Waals surface area contributed by atoms with Crippen LogP contribution in [0.15, 0.2) is 54.9 Å². The van der Waals surface area contributed by atoms with E-state index in [4.69, 9.17) is 11.6 Å². The Bertz CT molecular complexity index is 584. The Hall–Kier alpha value is -2.33. The molecule has 0 aliphatic heterocycles.